The van der Waals surface area contributed by atoms with E-state index >= 15 is 0 Å². The van der Waals surface area contributed by atoms with Gasteiger partial charge in [0.05, 0.1) is 19.1 Å². The number of nitrogens with zero attached hydrogens (tertiary/aromatic N) is 6. The van der Waals surface area contributed by atoms with E-state index in [9.17, 15) is 26.4 Å². The minimum Gasteiger partial charge on any atom is -0.496 e. The molecule has 2 aliphatic rings. The third-order valence-electron chi connectivity index (χ3n) is 8.21. The first-order chi connectivity index (χ1) is 20.5. The average molecular weight is 622 g/mol. The fourth-order valence-electron chi connectivity index (χ4n) is 5.94. The van der Waals surface area contributed by atoms with Crippen LogP contribution < -0.4 is 10.1 Å². The molecule has 1 aromatic heterocycles. The summed E-state index contributed by atoms with van der Waals surface area (Å²) in [5, 5.41) is 13.4. The van der Waals surface area contributed by atoms with Crippen molar-refractivity contribution in [1.82, 2.24) is 34.7 Å². The lowest BCUT2D eigenvalue weighted by Crippen LogP contribution is -2.52. The molecule has 2 fully saturated rings. The zero-order chi connectivity index (χ0) is 30.8. The summed E-state index contributed by atoms with van der Waals surface area (Å²) in [5.74, 6) is -0.940. The summed E-state index contributed by atoms with van der Waals surface area (Å²) in [4.78, 5) is 15.4. The number of benzene rings is 2. The molecule has 15 heteroatoms. The Bertz CT molecular complexity index is 1530. The quantitative estimate of drug-likeness (QED) is 0.408. The van der Waals surface area contributed by atoms with Crippen molar-refractivity contribution in [3.8, 4) is 11.4 Å². The van der Waals surface area contributed by atoms with E-state index in [1.54, 1.807) is 12.1 Å². The van der Waals surface area contributed by atoms with Crippen molar-refractivity contribution in [3.63, 3.8) is 0 Å². The molecule has 2 aliphatic heterocycles. The Morgan fingerprint density at radius 1 is 1.07 bits per heavy atom. The molecule has 0 bridgehead atoms. The SMILES string of the molecule is COc1ccc(-n2nnnc2C(F)(F)F)cc1CN[C@@H]1CCN(C(=O)C2CCN(S(C)(=O)=O)CC2)C[C@@H]1c1ccccc1. The Morgan fingerprint density at radius 3 is 2.44 bits per heavy atom. The molecule has 0 radical (unpaired) electrons. The summed E-state index contributed by atoms with van der Waals surface area (Å²) in [7, 11) is -1.79. The van der Waals surface area contributed by atoms with Crippen molar-refractivity contribution in [2.45, 2.75) is 43.9 Å². The van der Waals surface area contributed by atoms with Gasteiger partial charge in [-0.2, -0.15) is 17.9 Å². The zero-order valence-electron chi connectivity index (χ0n) is 23.9. The predicted octanol–water partition coefficient (Wildman–Crippen LogP) is 2.84. The number of rotatable bonds is 8. The molecule has 0 unspecified atom stereocenters. The minimum absolute atomic E-state index is 0.0364. The average Bonchev–Trinajstić information content (AvgIpc) is 3.51. The first-order valence-corrected chi connectivity index (χ1v) is 15.9. The van der Waals surface area contributed by atoms with Crippen LogP contribution in [-0.2, 0) is 27.5 Å². The topological polar surface area (TPSA) is 123 Å². The number of nitrogens with one attached hydrogen (secondary N) is 1. The van der Waals surface area contributed by atoms with E-state index in [0.717, 1.165) is 5.56 Å². The number of piperidine rings is 2. The molecule has 43 heavy (non-hydrogen) atoms. The van der Waals surface area contributed by atoms with Gasteiger partial charge in [-0.25, -0.2) is 12.7 Å². The Balaban J connectivity index is 1.32. The van der Waals surface area contributed by atoms with Crippen LogP contribution >= 0.6 is 0 Å². The molecule has 1 amide bonds. The molecular formula is C28H34F3N7O4S. The molecule has 3 heterocycles. The minimum atomic E-state index is -4.72. The molecule has 232 valence electrons. The van der Waals surface area contributed by atoms with Crippen LogP contribution in [-0.4, -0.2) is 89.3 Å². The summed E-state index contributed by atoms with van der Waals surface area (Å²) in [5.41, 5.74) is 1.84. The molecule has 0 saturated carbocycles. The molecule has 2 atom stereocenters. The molecule has 1 N–H and O–H groups in total. The second-order valence-corrected chi connectivity index (χ2v) is 12.9. The Labute approximate surface area is 248 Å². The van der Waals surface area contributed by atoms with Gasteiger partial charge in [-0.15, -0.1) is 5.10 Å². The van der Waals surface area contributed by atoms with Gasteiger partial charge >= 0.3 is 6.18 Å². The van der Waals surface area contributed by atoms with Crippen LogP contribution in [0.25, 0.3) is 5.69 Å². The lowest BCUT2D eigenvalue weighted by molar-refractivity contribution is -0.146. The van der Waals surface area contributed by atoms with E-state index in [1.807, 2.05) is 35.2 Å². The number of amides is 1. The summed E-state index contributed by atoms with van der Waals surface area (Å²) in [6.45, 7) is 2.00. The van der Waals surface area contributed by atoms with Gasteiger partial charge in [0, 0.05) is 56.2 Å². The van der Waals surface area contributed by atoms with Crippen LogP contribution in [0.1, 0.15) is 42.1 Å². The summed E-state index contributed by atoms with van der Waals surface area (Å²) in [6.07, 6.45) is -1.89. The molecule has 3 aromatic rings. The standard InChI is InChI=1S/C28H34F3N7O4S/c1-42-25-9-8-22(38-27(28(29,30)31)33-34-35-38)16-21(25)17-32-24-12-13-36(18-23(24)19-6-4-3-5-7-19)26(39)20-10-14-37(15-11-20)43(2,40)41/h3-9,16,20,23-24,32H,10-15,17-18H2,1-2H3/t23-,24-/m1/s1. The number of sulfonamides is 1. The lowest BCUT2D eigenvalue weighted by Gasteiger charge is -2.41. The molecule has 0 aliphatic carbocycles. The van der Waals surface area contributed by atoms with E-state index in [1.165, 1.54) is 23.7 Å². The van der Waals surface area contributed by atoms with Crippen molar-refractivity contribution in [1.29, 1.82) is 0 Å². The summed E-state index contributed by atoms with van der Waals surface area (Å²) < 4.78 is 71.6. The van der Waals surface area contributed by atoms with Crippen LogP contribution in [0.15, 0.2) is 48.5 Å². The number of hydrogen-bond acceptors (Lipinski definition) is 8. The Morgan fingerprint density at radius 2 is 1.79 bits per heavy atom. The van der Waals surface area contributed by atoms with E-state index in [-0.39, 0.29) is 29.5 Å². The molecular weight excluding hydrogens is 587 g/mol. The van der Waals surface area contributed by atoms with Gasteiger partial charge in [-0.1, -0.05) is 30.3 Å². The molecule has 11 nitrogen and oxygen atoms in total. The van der Waals surface area contributed by atoms with Gasteiger partial charge in [-0.05, 0) is 53.5 Å². The Hall–Kier alpha value is -3.56. The number of carbonyl (C=O) groups excluding carboxylic acids is 1. The molecule has 0 spiro atoms. The van der Waals surface area contributed by atoms with Crippen molar-refractivity contribution in [3.05, 3.63) is 65.5 Å². The van der Waals surface area contributed by atoms with Gasteiger partial charge in [0.15, 0.2) is 0 Å². The number of methoxy groups -OCH3 is 1. The highest BCUT2D eigenvalue weighted by molar-refractivity contribution is 7.88. The van der Waals surface area contributed by atoms with E-state index in [4.69, 9.17) is 4.74 Å². The first-order valence-electron chi connectivity index (χ1n) is 14.0. The van der Waals surface area contributed by atoms with Gasteiger partial charge in [0.1, 0.15) is 5.75 Å². The monoisotopic (exact) mass is 621 g/mol. The number of halogens is 3. The summed E-state index contributed by atoms with van der Waals surface area (Å²) >= 11 is 0. The maximum Gasteiger partial charge on any atom is 0.453 e. The smallest absolute Gasteiger partial charge is 0.453 e. The normalized spacial score (nSPS) is 20.7. The van der Waals surface area contributed by atoms with Crippen molar-refractivity contribution < 1.29 is 31.1 Å². The second kappa shape index (κ2) is 12.6. The zero-order valence-corrected chi connectivity index (χ0v) is 24.7. The van der Waals surface area contributed by atoms with Crippen LogP contribution in [0.4, 0.5) is 13.2 Å². The van der Waals surface area contributed by atoms with Crippen LogP contribution in [0.5, 0.6) is 5.75 Å². The van der Waals surface area contributed by atoms with Gasteiger partial charge in [0.25, 0.3) is 5.82 Å². The molecule has 2 aromatic carbocycles. The van der Waals surface area contributed by atoms with Crippen LogP contribution in [0.3, 0.4) is 0 Å². The largest absolute Gasteiger partial charge is 0.496 e. The van der Waals surface area contributed by atoms with Crippen molar-refractivity contribution in [2.75, 3.05) is 39.5 Å². The Kier molecular flexibility index (Phi) is 9.04. The van der Waals surface area contributed by atoms with Crippen molar-refractivity contribution in [2.24, 2.45) is 5.92 Å². The number of ether oxygens (including phenoxy) is 1. The third-order valence-corrected chi connectivity index (χ3v) is 9.51. The fourth-order valence-corrected chi connectivity index (χ4v) is 6.81. The number of hydrogen-bond donors (Lipinski definition) is 1. The summed E-state index contributed by atoms with van der Waals surface area (Å²) in [6, 6.07) is 14.4. The maximum absolute atomic E-state index is 13.5. The highest BCUT2D eigenvalue weighted by Crippen LogP contribution is 2.32. The van der Waals surface area contributed by atoms with E-state index in [2.05, 4.69) is 20.8 Å². The van der Waals surface area contributed by atoms with Gasteiger partial charge in [-0.3, -0.25) is 4.79 Å². The van der Waals surface area contributed by atoms with E-state index in [0.29, 0.717) is 68.0 Å². The second-order valence-electron chi connectivity index (χ2n) is 10.9. The van der Waals surface area contributed by atoms with Crippen LogP contribution in [0.2, 0.25) is 0 Å². The van der Waals surface area contributed by atoms with E-state index < -0.39 is 22.0 Å². The number of likely N-dealkylation sites (tertiary alicyclic amines) is 1. The number of aromatic nitrogens is 4. The van der Waals surface area contributed by atoms with Gasteiger partial charge < -0.3 is 15.0 Å². The highest BCUT2D eigenvalue weighted by atomic mass is 32.2. The number of carbonyl (C=O) groups is 1. The first kappa shape index (κ1) is 30.9. The van der Waals surface area contributed by atoms with Gasteiger partial charge in [0.2, 0.25) is 15.9 Å². The number of alkyl halides is 3. The highest BCUT2D eigenvalue weighted by Gasteiger charge is 2.39. The van der Waals surface area contributed by atoms with Crippen LogP contribution in [0, 0.1) is 5.92 Å². The molecule has 2 saturated heterocycles. The molecule has 5 rings (SSSR count). The predicted molar refractivity (Wildman–Crippen MR) is 151 cm³/mol. The lowest BCUT2D eigenvalue weighted by atomic mass is 9.84. The fraction of sp³-hybridized carbons (Fsp3) is 0.500. The van der Waals surface area contributed by atoms with Crippen molar-refractivity contribution >= 4 is 15.9 Å². The number of tetrazole rings is 1. The third kappa shape index (κ3) is 6.99. The maximum atomic E-state index is 13.5.